The molecule has 0 aromatic heterocycles. The highest BCUT2D eigenvalue weighted by molar-refractivity contribution is 5.92. The van der Waals surface area contributed by atoms with Crippen molar-refractivity contribution in [3.8, 4) is 0 Å². The van der Waals surface area contributed by atoms with Crippen LogP contribution in [-0.2, 0) is 9.73 Å². The van der Waals surface area contributed by atoms with Gasteiger partial charge in [0.25, 0.3) is 0 Å². The van der Waals surface area contributed by atoms with E-state index in [1.54, 1.807) is 12.3 Å². The number of carboxylic acids is 1. The smallest absolute Gasteiger partial charge is 0.337 e. The number of aliphatic carboxylic acids is 1. The number of rotatable bonds is 1. The number of nitrogens with zero attached hydrogens (tertiary/aromatic N) is 1. The molecule has 5 nitrogen and oxygen atoms in total. The molecular weight excluding hydrogens is 160 g/mol. The largest absolute Gasteiger partial charge is 0.478 e. The second-order valence-electron chi connectivity index (χ2n) is 2.29. The zero-order valence-corrected chi connectivity index (χ0v) is 6.02. The number of hydrogen-bond donors (Lipinski definition) is 2. The third kappa shape index (κ3) is 0.876. The Hall–Kier alpha value is -1.75. The van der Waals surface area contributed by atoms with Crippen LogP contribution >= 0.6 is 0 Å². The van der Waals surface area contributed by atoms with Gasteiger partial charge < -0.3 is 5.11 Å². The normalized spacial score (nSPS) is 19.5. The van der Waals surface area contributed by atoms with Crippen molar-refractivity contribution >= 4 is 5.97 Å². The molecule has 2 rings (SSSR count). The summed E-state index contributed by atoms with van der Waals surface area (Å²) >= 11 is 0. The van der Waals surface area contributed by atoms with E-state index in [0.29, 0.717) is 5.70 Å². The topological polar surface area (TPSA) is 61.8 Å². The molecular formula is C7H6N2O3. The zero-order chi connectivity index (χ0) is 8.55. The van der Waals surface area contributed by atoms with E-state index in [0.717, 1.165) is 0 Å². The highest BCUT2D eigenvalue weighted by atomic mass is 16.8. The van der Waals surface area contributed by atoms with Gasteiger partial charge in [-0.25, -0.2) is 15.3 Å². The molecule has 2 N–H and O–H groups in total. The summed E-state index contributed by atoms with van der Waals surface area (Å²) in [4.78, 5) is 15.5. The van der Waals surface area contributed by atoms with Gasteiger partial charge in [-0.3, -0.25) is 0 Å². The predicted octanol–water partition coefficient (Wildman–Crippen LogP) is 0.118. The molecule has 0 aromatic rings. The molecule has 2 aliphatic heterocycles. The van der Waals surface area contributed by atoms with E-state index in [9.17, 15) is 4.79 Å². The molecule has 2 aliphatic rings. The van der Waals surface area contributed by atoms with Crippen LogP contribution in [0.3, 0.4) is 0 Å². The predicted molar refractivity (Wildman–Crippen MR) is 39.0 cm³/mol. The monoisotopic (exact) mass is 166 g/mol. The van der Waals surface area contributed by atoms with Crippen LogP contribution in [0.25, 0.3) is 0 Å². The number of fused-ring (bicyclic) bond motifs is 1. The number of hydrogen-bond acceptors (Lipinski definition) is 4. The molecule has 2 heterocycles. The van der Waals surface area contributed by atoms with Crippen LogP contribution in [0.15, 0.2) is 35.8 Å². The minimum Gasteiger partial charge on any atom is -0.478 e. The first-order chi connectivity index (χ1) is 5.79. The summed E-state index contributed by atoms with van der Waals surface area (Å²) in [5.74, 6) is -0.970. The van der Waals surface area contributed by atoms with Crippen LogP contribution < -0.4 is 5.48 Å². The van der Waals surface area contributed by atoms with Crippen LogP contribution in [0, 0.1) is 0 Å². The van der Waals surface area contributed by atoms with Crippen molar-refractivity contribution in [2.45, 2.75) is 0 Å². The van der Waals surface area contributed by atoms with Gasteiger partial charge in [-0.2, -0.15) is 4.94 Å². The Morgan fingerprint density at radius 3 is 3.25 bits per heavy atom. The van der Waals surface area contributed by atoms with Crippen LogP contribution in [-0.4, -0.2) is 16.1 Å². The number of allylic oxidation sites excluding steroid dienone is 2. The third-order valence-corrected chi connectivity index (χ3v) is 1.57. The maximum Gasteiger partial charge on any atom is 0.337 e. The highest BCUT2D eigenvalue weighted by Crippen LogP contribution is 2.22. The lowest BCUT2D eigenvalue weighted by molar-refractivity contribution is -0.135. The standard InChI is InChI=1S/C7H6N2O3/c10-7(11)5-2-1-3-9-6(5)4-8-12-9/h1-4,8H,(H,10,11). The third-order valence-electron chi connectivity index (χ3n) is 1.57. The molecule has 0 saturated heterocycles. The number of carboxylic acid groups (broad SMARTS) is 1. The molecule has 0 aromatic carbocycles. The molecule has 0 fully saturated rings. The number of nitrogens with one attached hydrogen (secondary N) is 1. The molecule has 0 radical (unpaired) electrons. The maximum absolute atomic E-state index is 10.6. The Bertz CT molecular complexity index is 317. The molecule has 0 amide bonds. The minimum atomic E-state index is -0.970. The van der Waals surface area contributed by atoms with Gasteiger partial charge in [0.1, 0.15) is 5.70 Å². The zero-order valence-electron chi connectivity index (χ0n) is 6.02. The Morgan fingerprint density at radius 1 is 1.67 bits per heavy atom. The van der Waals surface area contributed by atoms with Crippen molar-refractivity contribution in [2.75, 3.05) is 0 Å². The van der Waals surface area contributed by atoms with Crippen molar-refractivity contribution in [3.63, 3.8) is 0 Å². The summed E-state index contributed by atoms with van der Waals surface area (Å²) in [7, 11) is 0. The van der Waals surface area contributed by atoms with E-state index in [1.807, 2.05) is 0 Å². The summed E-state index contributed by atoms with van der Waals surface area (Å²) in [6.07, 6.45) is 6.23. The fourth-order valence-electron chi connectivity index (χ4n) is 1.04. The molecule has 0 spiro atoms. The van der Waals surface area contributed by atoms with Crippen molar-refractivity contribution in [2.24, 2.45) is 0 Å². The fourth-order valence-corrected chi connectivity index (χ4v) is 1.04. The number of carbonyl (C=O) groups is 1. The van der Waals surface area contributed by atoms with E-state index in [2.05, 4.69) is 5.48 Å². The lowest BCUT2D eigenvalue weighted by Crippen LogP contribution is -2.20. The molecule has 5 heteroatoms. The van der Waals surface area contributed by atoms with Gasteiger partial charge in [0, 0.05) is 6.20 Å². The van der Waals surface area contributed by atoms with E-state index in [1.165, 1.54) is 17.3 Å². The first-order valence-corrected chi connectivity index (χ1v) is 3.33. The van der Waals surface area contributed by atoms with E-state index in [4.69, 9.17) is 10.0 Å². The Labute approximate surface area is 68.1 Å². The quantitative estimate of drug-likeness (QED) is 0.579. The lowest BCUT2D eigenvalue weighted by atomic mass is 10.1. The summed E-state index contributed by atoms with van der Waals surface area (Å²) in [6.45, 7) is 0. The van der Waals surface area contributed by atoms with Crippen molar-refractivity contribution in [1.82, 2.24) is 10.5 Å². The van der Waals surface area contributed by atoms with Gasteiger partial charge in [0.05, 0.1) is 11.8 Å². The summed E-state index contributed by atoms with van der Waals surface area (Å²) in [5, 5.41) is 10.1. The summed E-state index contributed by atoms with van der Waals surface area (Å²) in [6, 6.07) is 0. The molecule has 12 heavy (non-hydrogen) atoms. The molecule has 0 unspecified atom stereocenters. The SMILES string of the molecule is O=C(O)C1=CC=CN2ONC=C12. The van der Waals surface area contributed by atoms with Crippen LogP contribution in [0.1, 0.15) is 0 Å². The lowest BCUT2D eigenvalue weighted by Gasteiger charge is -2.16. The van der Waals surface area contributed by atoms with E-state index >= 15 is 0 Å². The van der Waals surface area contributed by atoms with Crippen LogP contribution in [0.5, 0.6) is 0 Å². The minimum absolute atomic E-state index is 0.211. The summed E-state index contributed by atoms with van der Waals surface area (Å²) < 4.78 is 0. The van der Waals surface area contributed by atoms with E-state index in [-0.39, 0.29) is 5.57 Å². The fraction of sp³-hybridized carbons (Fsp3) is 0. The maximum atomic E-state index is 10.6. The summed E-state index contributed by atoms with van der Waals surface area (Å²) in [5.41, 5.74) is 3.17. The second-order valence-corrected chi connectivity index (χ2v) is 2.29. The Balaban J connectivity index is 2.38. The Morgan fingerprint density at radius 2 is 2.50 bits per heavy atom. The molecule has 0 bridgehead atoms. The average molecular weight is 166 g/mol. The van der Waals surface area contributed by atoms with E-state index < -0.39 is 5.97 Å². The molecule has 0 saturated carbocycles. The van der Waals surface area contributed by atoms with Gasteiger partial charge in [0.15, 0.2) is 0 Å². The van der Waals surface area contributed by atoms with Crippen molar-refractivity contribution in [3.05, 3.63) is 35.8 Å². The van der Waals surface area contributed by atoms with Gasteiger partial charge >= 0.3 is 5.97 Å². The van der Waals surface area contributed by atoms with Crippen molar-refractivity contribution in [1.29, 1.82) is 0 Å². The van der Waals surface area contributed by atoms with Gasteiger partial charge in [0.2, 0.25) is 0 Å². The molecule has 0 aliphatic carbocycles. The van der Waals surface area contributed by atoms with Gasteiger partial charge in [-0.1, -0.05) is 0 Å². The second kappa shape index (κ2) is 2.38. The van der Waals surface area contributed by atoms with Gasteiger partial charge in [-0.15, -0.1) is 0 Å². The number of hydroxylamine groups is 3. The Kier molecular flexibility index (Phi) is 1.38. The molecule has 0 atom stereocenters. The van der Waals surface area contributed by atoms with Crippen LogP contribution in [0.2, 0.25) is 0 Å². The van der Waals surface area contributed by atoms with Crippen LogP contribution in [0.4, 0.5) is 0 Å². The van der Waals surface area contributed by atoms with Gasteiger partial charge in [-0.05, 0) is 12.2 Å². The average Bonchev–Trinajstić information content (AvgIpc) is 2.49. The first-order valence-electron chi connectivity index (χ1n) is 3.33. The molecule has 62 valence electrons. The van der Waals surface area contributed by atoms with Crippen molar-refractivity contribution < 1.29 is 14.8 Å². The highest BCUT2D eigenvalue weighted by Gasteiger charge is 2.24. The first kappa shape index (κ1) is 6.93.